The summed E-state index contributed by atoms with van der Waals surface area (Å²) in [7, 11) is -1.38. The van der Waals surface area contributed by atoms with Crippen molar-refractivity contribution in [3.63, 3.8) is 0 Å². The van der Waals surface area contributed by atoms with Crippen molar-refractivity contribution in [1.82, 2.24) is 0 Å². The molecule has 0 radical (unpaired) electrons. The Bertz CT molecular complexity index is 170. The summed E-state index contributed by atoms with van der Waals surface area (Å²) < 4.78 is 6.74. The van der Waals surface area contributed by atoms with Gasteiger partial charge in [0.15, 0.2) is 8.32 Å². The maximum atomic E-state index is 6.74. The van der Waals surface area contributed by atoms with Gasteiger partial charge in [-0.1, -0.05) is 59.3 Å². The third kappa shape index (κ3) is 5.13. The normalized spacial score (nSPS) is 18.5. The minimum Gasteiger partial charge on any atom is -0.414 e. The smallest absolute Gasteiger partial charge is 0.193 e. The van der Waals surface area contributed by atoms with Gasteiger partial charge in [-0.05, 0) is 31.0 Å². The second kappa shape index (κ2) is 8.31. The first-order valence-corrected chi connectivity index (χ1v) is 10.5. The SMILES string of the molecule is CCC[Si](CCC)(CCC)OC1CCCCC1. The largest absolute Gasteiger partial charge is 0.414 e. The number of hydrogen-bond acceptors (Lipinski definition) is 1. The molecule has 1 fully saturated rings. The molecule has 1 rings (SSSR count). The molecule has 1 saturated carbocycles. The van der Waals surface area contributed by atoms with E-state index in [2.05, 4.69) is 20.8 Å². The summed E-state index contributed by atoms with van der Waals surface area (Å²) in [5, 5.41) is 0. The molecule has 0 heterocycles. The lowest BCUT2D eigenvalue weighted by Gasteiger charge is -2.37. The molecule has 1 aliphatic carbocycles. The van der Waals surface area contributed by atoms with Crippen molar-refractivity contribution < 1.29 is 4.43 Å². The molecule has 1 aliphatic rings. The molecule has 0 aromatic rings. The molecule has 0 spiro atoms. The van der Waals surface area contributed by atoms with Gasteiger partial charge in [0.1, 0.15) is 0 Å². The highest BCUT2D eigenvalue weighted by Gasteiger charge is 2.35. The van der Waals surface area contributed by atoms with Crippen LogP contribution in [0.4, 0.5) is 0 Å². The lowest BCUT2D eigenvalue weighted by molar-refractivity contribution is 0.140. The van der Waals surface area contributed by atoms with Crippen LogP contribution in [-0.4, -0.2) is 14.4 Å². The van der Waals surface area contributed by atoms with Crippen molar-refractivity contribution >= 4 is 8.32 Å². The van der Waals surface area contributed by atoms with Crippen LogP contribution >= 0.6 is 0 Å². The van der Waals surface area contributed by atoms with Crippen LogP contribution in [0.25, 0.3) is 0 Å². The molecule has 2 heteroatoms. The Hall–Kier alpha value is 0.177. The summed E-state index contributed by atoms with van der Waals surface area (Å²) in [5.41, 5.74) is 0. The first-order valence-electron chi connectivity index (χ1n) is 7.94. The van der Waals surface area contributed by atoms with E-state index in [1.54, 1.807) is 0 Å². The molecule has 0 saturated heterocycles. The maximum Gasteiger partial charge on any atom is 0.193 e. The van der Waals surface area contributed by atoms with Crippen LogP contribution in [0.3, 0.4) is 0 Å². The molecule has 0 aromatic carbocycles. The van der Waals surface area contributed by atoms with Crippen LogP contribution < -0.4 is 0 Å². The predicted octanol–water partition coefficient (Wildman–Crippen LogP) is 5.51. The highest BCUT2D eigenvalue weighted by Crippen LogP contribution is 2.32. The van der Waals surface area contributed by atoms with Gasteiger partial charge in [-0.2, -0.15) is 0 Å². The van der Waals surface area contributed by atoms with E-state index in [9.17, 15) is 0 Å². The average molecular weight is 257 g/mol. The van der Waals surface area contributed by atoms with Crippen molar-refractivity contribution in [2.75, 3.05) is 0 Å². The molecule has 0 aromatic heterocycles. The Balaban J connectivity index is 2.57. The highest BCUT2D eigenvalue weighted by atomic mass is 28.4. The van der Waals surface area contributed by atoms with Crippen LogP contribution in [0.2, 0.25) is 18.1 Å². The lowest BCUT2D eigenvalue weighted by atomic mass is 9.98. The topological polar surface area (TPSA) is 9.23 Å². The van der Waals surface area contributed by atoms with Gasteiger partial charge in [-0.3, -0.25) is 0 Å². The molecule has 0 unspecified atom stereocenters. The average Bonchev–Trinajstić information content (AvgIpc) is 2.31. The Labute approximate surface area is 109 Å². The molecule has 1 nitrogen and oxygen atoms in total. The van der Waals surface area contributed by atoms with Gasteiger partial charge in [0.05, 0.1) is 0 Å². The summed E-state index contributed by atoms with van der Waals surface area (Å²) in [4.78, 5) is 0. The highest BCUT2D eigenvalue weighted by molar-refractivity contribution is 6.73. The summed E-state index contributed by atoms with van der Waals surface area (Å²) in [5.74, 6) is 0. The molecule has 17 heavy (non-hydrogen) atoms. The molecule has 0 bridgehead atoms. The Morgan fingerprint density at radius 2 is 1.29 bits per heavy atom. The Morgan fingerprint density at radius 1 is 0.824 bits per heavy atom. The van der Waals surface area contributed by atoms with E-state index in [0.717, 1.165) is 0 Å². The van der Waals surface area contributed by atoms with Crippen LogP contribution in [-0.2, 0) is 4.43 Å². The van der Waals surface area contributed by atoms with Gasteiger partial charge in [-0.15, -0.1) is 0 Å². The summed E-state index contributed by atoms with van der Waals surface area (Å²) in [6, 6.07) is 4.18. The molecule has 0 atom stereocenters. The van der Waals surface area contributed by atoms with Crippen molar-refractivity contribution in [3.8, 4) is 0 Å². The maximum absolute atomic E-state index is 6.74. The Morgan fingerprint density at radius 3 is 1.71 bits per heavy atom. The van der Waals surface area contributed by atoms with E-state index in [1.807, 2.05) is 0 Å². The Kier molecular flexibility index (Phi) is 7.45. The van der Waals surface area contributed by atoms with Gasteiger partial charge >= 0.3 is 0 Å². The molecule has 102 valence electrons. The minimum atomic E-state index is -1.38. The van der Waals surface area contributed by atoms with E-state index in [0.29, 0.717) is 6.10 Å². The van der Waals surface area contributed by atoms with Gasteiger partial charge in [0.25, 0.3) is 0 Å². The fourth-order valence-electron chi connectivity index (χ4n) is 3.46. The quantitative estimate of drug-likeness (QED) is 0.520. The van der Waals surface area contributed by atoms with Crippen LogP contribution in [0.15, 0.2) is 0 Å². The summed E-state index contributed by atoms with van der Waals surface area (Å²) in [6.45, 7) is 6.99. The van der Waals surface area contributed by atoms with Gasteiger partial charge in [0, 0.05) is 6.10 Å². The number of rotatable bonds is 8. The standard InChI is InChI=1S/C15H32OSi/c1-4-12-17(13-5-2,14-6-3)16-15-10-8-7-9-11-15/h15H,4-14H2,1-3H3. The summed E-state index contributed by atoms with van der Waals surface area (Å²) >= 11 is 0. The zero-order valence-electron chi connectivity index (χ0n) is 12.3. The lowest BCUT2D eigenvalue weighted by Crippen LogP contribution is -2.42. The fraction of sp³-hybridized carbons (Fsp3) is 1.00. The van der Waals surface area contributed by atoms with Crippen LogP contribution in [0, 0.1) is 0 Å². The minimum absolute atomic E-state index is 0.625. The zero-order valence-corrected chi connectivity index (χ0v) is 13.3. The van der Waals surface area contributed by atoms with E-state index < -0.39 is 8.32 Å². The predicted molar refractivity (Wildman–Crippen MR) is 79.0 cm³/mol. The van der Waals surface area contributed by atoms with Crippen molar-refractivity contribution in [1.29, 1.82) is 0 Å². The van der Waals surface area contributed by atoms with Crippen LogP contribution in [0.1, 0.15) is 72.1 Å². The molecular weight excluding hydrogens is 224 g/mol. The number of hydrogen-bond donors (Lipinski definition) is 0. The third-order valence-electron chi connectivity index (χ3n) is 4.09. The van der Waals surface area contributed by atoms with E-state index in [4.69, 9.17) is 4.43 Å². The van der Waals surface area contributed by atoms with Crippen molar-refractivity contribution in [3.05, 3.63) is 0 Å². The zero-order chi connectivity index (χ0) is 12.6. The molecule has 0 aliphatic heterocycles. The van der Waals surface area contributed by atoms with Crippen molar-refractivity contribution in [2.24, 2.45) is 0 Å². The van der Waals surface area contributed by atoms with E-state index in [1.165, 1.54) is 69.5 Å². The summed E-state index contributed by atoms with van der Waals surface area (Å²) in [6.07, 6.45) is 11.5. The monoisotopic (exact) mass is 256 g/mol. The second-order valence-corrected chi connectivity index (χ2v) is 9.91. The van der Waals surface area contributed by atoms with Gasteiger partial charge in [0.2, 0.25) is 0 Å². The third-order valence-corrected chi connectivity index (χ3v) is 9.15. The fourth-order valence-corrected chi connectivity index (χ4v) is 8.24. The van der Waals surface area contributed by atoms with Crippen molar-refractivity contribution in [2.45, 2.75) is 96.4 Å². The van der Waals surface area contributed by atoms with Gasteiger partial charge < -0.3 is 4.43 Å². The van der Waals surface area contributed by atoms with E-state index >= 15 is 0 Å². The van der Waals surface area contributed by atoms with Crippen LogP contribution in [0.5, 0.6) is 0 Å². The molecule has 0 N–H and O–H groups in total. The molecule has 0 amide bonds. The second-order valence-electron chi connectivity index (χ2n) is 5.81. The van der Waals surface area contributed by atoms with E-state index in [-0.39, 0.29) is 0 Å². The molecular formula is C15H32OSi. The first-order chi connectivity index (χ1) is 8.26. The van der Waals surface area contributed by atoms with Gasteiger partial charge in [-0.25, -0.2) is 0 Å². The first kappa shape index (κ1) is 15.2.